The number of rotatable bonds is 10. The van der Waals surface area contributed by atoms with Crippen LogP contribution in [0.5, 0.6) is 0 Å². The molecule has 2 aliphatic heterocycles. The molecule has 290 valence electrons. The van der Waals surface area contributed by atoms with E-state index >= 15 is 0 Å². The van der Waals surface area contributed by atoms with Gasteiger partial charge in [0.05, 0.1) is 60.3 Å². The lowest BCUT2D eigenvalue weighted by Gasteiger charge is -2.30. The molecule has 0 saturated carbocycles. The third-order valence-corrected chi connectivity index (χ3v) is 11.6. The van der Waals surface area contributed by atoms with Gasteiger partial charge in [0.15, 0.2) is 0 Å². The maximum atomic E-state index is 13.6. The van der Waals surface area contributed by atoms with E-state index in [0.717, 1.165) is 68.6 Å². The number of ether oxygens (including phenoxy) is 2. The van der Waals surface area contributed by atoms with E-state index in [0.29, 0.717) is 24.7 Å². The molecule has 0 unspecified atom stereocenters. The van der Waals surface area contributed by atoms with Crippen LogP contribution in [0.3, 0.4) is 0 Å². The lowest BCUT2D eigenvalue weighted by molar-refractivity contribution is -0.136. The Kier molecular flexibility index (Phi) is 10.8. The molecule has 2 saturated heterocycles. The summed E-state index contributed by atoms with van der Waals surface area (Å²) < 4.78 is 10.6. The van der Waals surface area contributed by atoms with Gasteiger partial charge < -0.3 is 39.9 Å². The van der Waals surface area contributed by atoms with Crippen molar-refractivity contribution in [2.75, 3.05) is 27.3 Å². The number of aromatic amines is 2. The number of hydrogen-bond acceptors (Lipinski definition) is 10. The fourth-order valence-electron chi connectivity index (χ4n) is 7.66. The third kappa shape index (κ3) is 7.46. The second kappa shape index (κ2) is 15.7. The Morgan fingerprint density at radius 1 is 0.782 bits per heavy atom. The quantitative estimate of drug-likeness (QED) is 0.126. The van der Waals surface area contributed by atoms with Crippen LogP contribution in [0.4, 0.5) is 9.59 Å². The first-order valence-corrected chi connectivity index (χ1v) is 19.5. The van der Waals surface area contributed by atoms with Crippen LogP contribution < -0.4 is 10.6 Å². The Labute approximate surface area is 322 Å². The molecule has 0 spiro atoms. The number of methoxy groups -OCH3 is 2. The number of aromatic nitrogens is 5. The highest BCUT2D eigenvalue weighted by Gasteiger charge is 2.39. The Balaban J connectivity index is 1.09. The molecule has 2 aromatic carbocycles. The molecule has 2 fully saturated rings. The molecule has 5 aromatic rings. The lowest BCUT2D eigenvalue weighted by atomic mass is 10.0. The van der Waals surface area contributed by atoms with E-state index in [1.54, 1.807) is 33.5 Å². The number of nitrogens with zero attached hydrogens (tertiary/aromatic N) is 5. The van der Waals surface area contributed by atoms with E-state index in [1.807, 2.05) is 33.8 Å². The fraction of sp³-hybridized carbons (Fsp3) is 0.462. The van der Waals surface area contributed by atoms with Crippen molar-refractivity contribution >= 4 is 56.3 Å². The van der Waals surface area contributed by atoms with Gasteiger partial charge in [0, 0.05) is 24.0 Å². The largest absolute Gasteiger partial charge is 0.453 e. The van der Waals surface area contributed by atoms with E-state index < -0.39 is 24.3 Å². The number of nitrogens with one attached hydrogen (secondary N) is 4. The number of thiazole rings is 1. The molecular weight excluding hydrogens is 723 g/mol. The van der Waals surface area contributed by atoms with Gasteiger partial charge >= 0.3 is 12.2 Å². The van der Waals surface area contributed by atoms with Crippen molar-refractivity contribution in [2.45, 2.75) is 77.5 Å². The van der Waals surface area contributed by atoms with Crippen LogP contribution in [-0.2, 0) is 19.1 Å². The maximum absolute atomic E-state index is 13.6. The lowest BCUT2D eigenvalue weighted by Crippen LogP contribution is -2.51. The van der Waals surface area contributed by atoms with Crippen molar-refractivity contribution in [2.24, 2.45) is 11.8 Å². The van der Waals surface area contributed by atoms with E-state index in [-0.39, 0.29) is 35.7 Å². The molecule has 0 bridgehead atoms. The van der Waals surface area contributed by atoms with Crippen molar-refractivity contribution in [1.29, 1.82) is 0 Å². The molecule has 55 heavy (non-hydrogen) atoms. The summed E-state index contributed by atoms with van der Waals surface area (Å²) in [5, 5.41) is 8.22. The smallest absolute Gasteiger partial charge is 0.407 e. The number of imidazole rings is 2. The average molecular weight is 770 g/mol. The minimum atomic E-state index is -0.704. The van der Waals surface area contributed by atoms with Crippen LogP contribution in [0.1, 0.15) is 77.1 Å². The molecule has 7 rings (SSSR count). The summed E-state index contributed by atoms with van der Waals surface area (Å²) in [6, 6.07) is 8.52. The van der Waals surface area contributed by atoms with Crippen LogP contribution in [0, 0.1) is 11.8 Å². The van der Waals surface area contributed by atoms with Gasteiger partial charge in [-0.3, -0.25) is 9.59 Å². The Bertz CT molecular complexity index is 2230. The highest BCUT2D eigenvalue weighted by atomic mass is 32.1. The zero-order valence-corrected chi connectivity index (χ0v) is 32.7. The van der Waals surface area contributed by atoms with Gasteiger partial charge in [-0.25, -0.2) is 24.5 Å². The Morgan fingerprint density at radius 3 is 1.87 bits per heavy atom. The number of fused-ring (bicyclic) bond motifs is 3. The third-order valence-electron chi connectivity index (χ3n) is 10.6. The molecule has 16 heteroatoms. The number of likely N-dealkylation sites (tertiary alicyclic amines) is 2. The van der Waals surface area contributed by atoms with Crippen LogP contribution in [-0.4, -0.2) is 98.1 Å². The summed E-state index contributed by atoms with van der Waals surface area (Å²) in [6.07, 6.45) is 5.51. The predicted molar refractivity (Wildman–Crippen MR) is 208 cm³/mol. The van der Waals surface area contributed by atoms with Crippen LogP contribution in [0.2, 0.25) is 0 Å². The zero-order chi connectivity index (χ0) is 39.0. The summed E-state index contributed by atoms with van der Waals surface area (Å²) in [5.41, 5.74) is 3.46. The van der Waals surface area contributed by atoms with Gasteiger partial charge in [0.2, 0.25) is 11.8 Å². The van der Waals surface area contributed by atoms with Crippen molar-refractivity contribution in [3.8, 4) is 22.0 Å². The monoisotopic (exact) mass is 769 g/mol. The number of benzene rings is 2. The van der Waals surface area contributed by atoms with Crippen LogP contribution in [0.15, 0.2) is 42.7 Å². The summed E-state index contributed by atoms with van der Waals surface area (Å²) in [6.45, 7) is 8.75. The molecule has 3 aromatic heterocycles. The standard InChI is InChI=1S/C39H47N9O6S/c1-20(2)30(45-38(51)53-5)36(49)47-15-7-9-27(47)33-40-18-25(42-33)23-11-13-24-22(17-23)12-14-29-32(24)44-35(55-29)26-19-41-34(43-26)28-10-8-16-48(28)37(50)31(21(3)4)46-39(52)54-6/h11-14,17-21,27-28,30-31H,7-10,15-16H2,1-6H3,(H,40,42)(H,41,43)(H,45,51)(H,46,52)/t27-,28-,30-,31-/m0/s1. The van der Waals surface area contributed by atoms with Crippen molar-refractivity contribution in [3.05, 3.63) is 54.4 Å². The Morgan fingerprint density at radius 2 is 1.33 bits per heavy atom. The van der Waals surface area contributed by atoms with E-state index in [1.165, 1.54) is 14.2 Å². The van der Waals surface area contributed by atoms with Gasteiger partial charge in [-0.1, -0.05) is 45.9 Å². The van der Waals surface area contributed by atoms with Crippen molar-refractivity contribution in [1.82, 2.24) is 45.4 Å². The normalized spacial score (nSPS) is 18.3. The molecule has 4 amide bonds. The maximum Gasteiger partial charge on any atom is 0.407 e. The molecule has 4 N–H and O–H groups in total. The highest BCUT2D eigenvalue weighted by molar-refractivity contribution is 7.21. The minimum absolute atomic E-state index is 0.114. The predicted octanol–water partition coefficient (Wildman–Crippen LogP) is 6.32. The van der Waals surface area contributed by atoms with Crippen molar-refractivity contribution < 1.29 is 28.7 Å². The number of amides is 4. The number of carbonyl (C=O) groups is 4. The molecule has 5 heterocycles. The van der Waals surface area contributed by atoms with E-state index in [2.05, 4.69) is 44.9 Å². The van der Waals surface area contributed by atoms with Gasteiger partial charge in [-0.15, -0.1) is 11.3 Å². The first-order valence-electron chi connectivity index (χ1n) is 18.7. The molecular formula is C39H47N9O6S. The summed E-state index contributed by atoms with van der Waals surface area (Å²) in [4.78, 5) is 76.1. The minimum Gasteiger partial charge on any atom is -0.453 e. The molecule has 0 aliphatic carbocycles. The fourth-order valence-corrected chi connectivity index (χ4v) is 8.60. The number of hydrogen-bond donors (Lipinski definition) is 4. The SMILES string of the molecule is COC(=O)N[C@H](C(=O)N1CCC[C@H]1c1ncc(-c2ccc3c(ccc4sc(-c5cnc([C@@H]6CCCN6C(=O)[C@@H](NC(=O)OC)C(C)C)[nH]5)nc43)c2)[nH]1)C(C)C. The van der Waals surface area contributed by atoms with Crippen LogP contribution >= 0.6 is 11.3 Å². The molecule has 4 atom stereocenters. The second-order valence-corrected chi connectivity index (χ2v) is 15.9. The van der Waals surface area contributed by atoms with E-state index in [9.17, 15) is 19.2 Å². The van der Waals surface area contributed by atoms with E-state index in [4.69, 9.17) is 24.4 Å². The molecule has 15 nitrogen and oxygen atoms in total. The first-order chi connectivity index (χ1) is 26.5. The topological polar surface area (TPSA) is 188 Å². The number of alkyl carbamates (subject to hydrolysis) is 2. The summed E-state index contributed by atoms with van der Waals surface area (Å²) >= 11 is 1.57. The highest BCUT2D eigenvalue weighted by Crippen LogP contribution is 2.38. The van der Waals surface area contributed by atoms with Crippen LogP contribution in [0.25, 0.3) is 42.9 Å². The van der Waals surface area contributed by atoms with Gasteiger partial charge in [-0.05, 0) is 55.0 Å². The second-order valence-electron chi connectivity index (χ2n) is 14.8. The zero-order valence-electron chi connectivity index (χ0n) is 31.8. The number of carbonyl (C=O) groups excluding carboxylic acids is 4. The first kappa shape index (κ1) is 37.8. The molecule has 2 aliphatic rings. The molecule has 0 radical (unpaired) electrons. The van der Waals surface area contributed by atoms with Crippen molar-refractivity contribution in [3.63, 3.8) is 0 Å². The summed E-state index contributed by atoms with van der Waals surface area (Å²) in [5.74, 6) is 0.868. The Hall–Kier alpha value is -5.51. The van der Waals surface area contributed by atoms with Gasteiger partial charge in [-0.2, -0.15) is 0 Å². The number of H-pyrrole nitrogens is 2. The van der Waals surface area contributed by atoms with Gasteiger partial charge in [0.25, 0.3) is 0 Å². The summed E-state index contributed by atoms with van der Waals surface area (Å²) in [7, 11) is 2.57. The average Bonchev–Trinajstić information content (AvgIpc) is 4.03. The van der Waals surface area contributed by atoms with Gasteiger partial charge in [0.1, 0.15) is 28.7 Å².